The molecule has 0 fully saturated rings. The number of fused-ring (bicyclic) bond motifs is 1. The van der Waals surface area contributed by atoms with E-state index < -0.39 is 4.92 Å². The van der Waals surface area contributed by atoms with Crippen molar-refractivity contribution in [2.24, 2.45) is 0 Å². The Hall–Kier alpha value is -3.17. The normalized spacial score (nSPS) is 11.0. The lowest BCUT2D eigenvalue weighted by Gasteiger charge is -2.19. The summed E-state index contributed by atoms with van der Waals surface area (Å²) in [5, 5.41) is 11.5. The molecule has 7 nitrogen and oxygen atoms in total. The van der Waals surface area contributed by atoms with E-state index in [1.54, 1.807) is 23.4 Å². The van der Waals surface area contributed by atoms with Gasteiger partial charge >= 0.3 is 5.00 Å². The molecule has 3 heterocycles. The molecule has 146 valence electrons. The first-order valence-electron chi connectivity index (χ1n) is 8.75. The van der Waals surface area contributed by atoms with Gasteiger partial charge in [0, 0.05) is 18.5 Å². The second kappa shape index (κ2) is 7.69. The average molecular weight is 425 g/mol. The lowest BCUT2D eigenvalue weighted by atomic mass is 10.1. The fourth-order valence-electron chi connectivity index (χ4n) is 2.86. The highest BCUT2D eigenvalue weighted by Crippen LogP contribution is 2.34. The Morgan fingerprint density at radius 3 is 2.66 bits per heavy atom. The van der Waals surface area contributed by atoms with Gasteiger partial charge in [-0.1, -0.05) is 28.7 Å². The van der Waals surface area contributed by atoms with Gasteiger partial charge in [-0.25, -0.2) is 4.98 Å². The molecule has 0 saturated heterocycles. The number of rotatable bonds is 5. The molecule has 3 aromatic heterocycles. The number of amides is 1. The van der Waals surface area contributed by atoms with Crippen LogP contribution < -0.4 is 4.90 Å². The van der Waals surface area contributed by atoms with Crippen LogP contribution in [-0.4, -0.2) is 20.8 Å². The van der Waals surface area contributed by atoms with Crippen LogP contribution in [0.2, 0.25) is 0 Å². The van der Waals surface area contributed by atoms with Gasteiger partial charge in [0.25, 0.3) is 5.91 Å². The van der Waals surface area contributed by atoms with Crippen molar-refractivity contribution < 1.29 is 9.72 Å². The second-order valence-electron chi connectivity index (χ2n) is 6.55. The second-order valence-corrected chi connectivity index (χ2v) is 8.62. The molecular weight excluding hydrogens is 408 g/mol. The van der Waals surface area contributed by atoms with Crippen molar-refractivity contribution in [3.05, 3.63) is 80.5 Å². The largest absolute Gasteiger partial charge is 0.324 e. The number of carbonyl (C=O) groups excluding carboxylic acids is 1. The summed E-state index contributed by atoms with van der Waals surface area (Å²) < 4.78 is 0.990. The topological polar surface area (TPSA) is 89.2 Å². The third-order valence-electron chi connectivity index (χ3n) is 4.51. The predicted molar refractivity (Wildman–Crippen MR) is 115 cm³/mol. The van der Waals surface area contributed by atoms with Crippen LogP contribution in [0.4, 0.5) is 10.1 Å². The molecule has 0 saturated carbocycles. The molecule has 0 aliphatic rings. The van der Waals surface area contributed by atoms with Crippen LogP contribution in [0.1, 0.15) is 26.4 Å². The molecule has 0 aliphatic carbocycles. The Balaban J connectivity index is 1.77. The molecule has 0 aliphatic heterocycles. The molecule has 0 N–H and O–H groups in total. The van der Waals surface area contributed by atoms with Crippen molar-refractivity contribution >= 4 is 48.9 Å². The van der Waals surface area contributed by atoms with Crippen molar-refractivity contribution in [3.63, 3.8) is 0 Å². The Morgan fingerprint density at radius 1 is 1.17 bits per heavy atom. The quantitative estimate of drug-likeness (QED) is 0.327. The summed E-state index contributed by atoms with van der Waals surface area (Å²) in [4.78, 5) is 34.4. The molecule has 4 rings (SSSR count). The minimum Gasteiger partial charge on any atom is -0.279 e. The van der Waals surface area contributed by atoms with E-state index in [0.717, 1.165) is 38.2 Å². The van der Waals surface area contributed by atoms with Gasteiger partial charge in [0.1, 0.15) is 0 Å². The number of carbonyl (C=O) groups is 1. The Labute approximate surface area is 174 Å². The van der Waals surface area contributed by atoms with Crippen LogP contribution in [0.3, 0.4) is 0 Å². The van der Waals surface area contributed by atoms with Crippen molar-refractivity contribution in [3.8, 4) is 0 Å². The fraction of sp³-hybridized carbons (Fsp3) is 0.150. The van der Waals surface area contributed by atoms with Crippen molar-refractivity contribution in [1.29, 1.82) is 0 Å². The highest BCUT2D eigenvalue weighted by atomic mass is 32.1. The molecule has 0 radical (unpaired) electrons. The number of pyridine rings is 1. The molecule has 1 amide bonds. The van der Waals surface area contributed by atoms with Gasteiger partial charge < -0.3 is 0 Å². The number of anilines is 1. The first-order valence-corrected chi connectivity index (χ1v) is 10.4. The number of aryl methyl sites for hydroxylation is 2. The maximum absolute atomic E-state index is 13.3. The van der Waals surface area contributed by atoms with Crippen LogP contribution in [0.5, 0.6) is 0 Å². The molecule has 0 atom stereocenters. The number of aromatic nitrogens is 2. The highest BCUT2D eigenvalue weighted by molar-refractivity contribution is 7.22. The van der Waals surface area contributed by atoms with Crippen molar-refractivity contribution in [2.45, 2.75) is 20.4 Å². The summed E-state index contributed by atoms with van der Waals surface area (Å²) in [7, 11) is 0. The van der Waals surface area contributed by atoms with Crippen LogP contribution in [0.15, 0.2) is 48.8 Å². The molecule has 0 spiro atoms. The Kier molecular flexibility index (Phi) is 5.08. The lowest BCUT2D eigenvalue weighted by Crippen LogP contribution is -2.29. The predicted octanol–water partition coefficient (Wildman–Crippen LogP) is 5.12. The van der Waals surface area contributed by atoms with Crippen molar-refractivity contribution in [2.75, 3.05) is 4.90 Å². The highest BCUT2D eigenvalue weighted by Gasteiger charge is 2.25. The van der Waals surface area contributed by atoms with Gasteiger partial charge in [0.15, 0.2) is 5.13 Å². The number of thiazole rings is 1. The zero-order valence-electron chi connectivity index (χ0n) is 15.7. The zero-order chi connectivity index (χ0) is 20.5. The number of nitrogens with zero attached hydrogens (tertiary/aromatic N) is 4. The number of hydrogen-bond donors (Lipinski definition) is 0. The van der Waals surface area contributed by atoms with E-state index >= 15 is 0 Å². The first kappa shape index (κ1) is 19.2. The molecule has 0 bridgehead atoms. The minimum absolute atomic E-state index is 0.0646. The standard InChI is InChI=1S/C20H16N4O3S2/c1-12-8-15-17(9-13(12)2)29-20(22-15)23(11-14-4-3-7-21-10-14)19(25)16-5-6-18(28-16)24(26)27/h3-10H,11H2,1-2H3. The van der Waals surface area contributed by atoms with E-state index in [-0.39, 0.29) is 17.5 Å². The van der Waals surface area contributed by atoms with Gasteiger partial charge in [-0.05, 0) is 54.8 Å². The number of hydrogen-bond acceptors (Lipinski definition) is 7. The van der Waals surface area contributed by atoms with Crippen molar-refractivity contribution in [1.82, 2.24) is 9.97 Å². The Bertz CT molecular complexity index is 1180. The molecule has 4 aromatic rings. The zero-order valence-corrected chi connectivity index (χ0v) is 17.3. The summed E-state index contributed by atoms with van der Waals surface area (Å²) in [6.45, 7) is 4.34. The monoisotopic (exact) mass is 424 g/mol. The maximum Gasteiger partial charge on any atom is 0.324 e. The molecular formula is C20H16N4O3S2. The van der Waals surface area contributed by atoms with Crippen LogP contribution >= 0.6 is 22.7 Å². The SMILES string of the molecule is Cc1cc2nc(N(Cc3cccnc3)C(=O)c3ccc([N+](=O)[O-])s3)sc2cc1C. The van der Waals surface area contributed by atoms with E-state index in [1.807, 2.05) is 26.0 Å². The molecule has 9 heteroatoms. The number of thiophene rings is 1. The number of nitro groups is 1. The lowest BCUT2D eigenvalue weighted by molar-refractivity contribution is -0.380. The smallest absolute Gasteiger partial charge is 0.279 e. The fourth-order valence-corrected chi connectivity index (χ4v) is 4.67. The Morgan fingerprint density at radius 2 is 1.97 bits per heavy atom. The maximum atomic E-state index is 13.3. The summed E-state index contributed by atoms with van der Waals surface area (Å²) in [6.07, 6.45) is 3.36. The summed E-state index contributed by atoms with van der Waals surface area (Å²) in [5.41, 5.74) is 3.97. The van der Waals surface area contributed by atoms with E-state index in [1.165, 1.54) is 23.5 Å². The molecule has 0 unspecified atom stereocenters. The van der Waals surface area contributed by atoms with Gasteiger partial charge in [-0.2, -0.15) is 0 Å². The van der Waals surface area contributed by atoms with E-state index in [4.69, 9.17) is 0 Å². The van der Waals surface area contributed by atoms with E-state index in [2.05, 4.69) is 16.0 Å². The van der Waals surface area contributed by atoms with Gasteiger partial charge in [-0.15, -0.1) is 0 Å². The van der Waals surface area contributed by atoms with Gasteiger partial charge in [0.05, 0.1) is 26.6 Å². The molecule has 1 aromatic carbocycles. The van der Waals surface area contributed by atoms with Gasteiger partial charge in [-0.3, -0.25) is 24.8 Å². The van der Waals surface area contributed by atoms with Gasteiger partial charge in [0.2, 0.25) is 0 Å². The minimum atomic E-state index is -0.490. The summed E-state index contributed by atoms with van der Waals surface area (Å²) >= 11 is 2.29. The molecule has 29 heavy (non-hydrogen) atoms. The third kappa shape index (κ3) is 3.87. The first-order chi connectivity index (χ1) is 13.9. The van der Waals surface area contributed by atoms with E-state index in [9.17, 15) is 14.9 Å². The summed E-state index contributed by atoms with van der Waals surface area (Å²) in [5.74, 6) is -0.320. The van der Waals surface area contributed by atoms with E-state index in [0.29, 0.717) is 10.0 Å². The third-order valence-corrected chi connectivity index (χ3v) is 6.58. The van der Waals surface area contributed by atoms with Crippen LogP contribution in [0.25, 0.3) is 10.2 Å². The average Bonchev–Trinajstić information content (AvgIpc) is 3.34. The number of benzene rings is 1. The van der Waals surface area contributed by atoms with Crippen LogP contribution in [0, 0.1) is 24.0 Å². The van der Waals surface area contributed by atoms with Crippen LogP contribution in [-0.2, 0) is 6.54 Å². The summed E-state index contributed by atoms with van der Waals surface area (Å²) in [6, 6.07) is 10.6.